The third-order valence-electron chi connectivity index (χ3n) is 4.50. The molecule has 5 nitrogen and oxygen atoms in total. The molecule has 4 aromatic rings. The molecule has 0 bridgehead atoms. The second-order valence-electron chi connectivity index (χ2n) is 5.92. The van der Waals surface area contributed by atoms with Crippen LogP contribution < -0.4 is 0 Å². The average Bonchev–Trinajstić information content (AvgIpc) is 3.20. The summed E-state index contributed by atoms with van der Waals surface area (Å²) in [4.78, 5) is 21.8. The molecule has 0 radical (unpaired) electrons. The van der Waals surface area contributed by atoms with Crippen molar-refractivity contribution >= 4 is 22.6 Å². The molecule has 0 spiro atoms. The summed E-state index contributed by atoms with van der Waals surface area (Å²) in [5.74, 6) is 1.65. The Morgan fingerprint density at radius 2 is 2.00 bits per heavy atom. The number of hydrogen-bond donors (Lipinski definition) is 0. The van der Waals surface area contributed by atoms with Crippen molar-refractivity contribution in [2.24, 2.45) is 0 Å². The van der Waals surface area contributed by atoms with Crippen LogP contribution in [0.3, 0.4) is 0 Å². The minimum Gasteiger partial charge on any atom is -0.469 e. The Balaban J connectivity index is 1.70. The van der Waals surface area contributed by atoms with Gasteiger partial charge in [-0.1, -0.05) is 12.1 Å². The topological polar surface area (TPSA) is 60.4 Å². The molecule has 112 valence electrons. The van der Waals surface area contributed by atoms with Crippen LogP contribution in [0.15, 0.2) is 53.3 Å². The smallest absolute Gasteiger partial charge is 0.235 e. The molecule has 0 amide bonds. The fourth-order valence-corrected chi connectivity index (χ4v) is 3.38. The minimum absolute atomic E-state index is 0.0596. The summed E-state index contributed by atoms with van der Waals surface area (Å²) in [5, 5.41) is 0. The van der Waals surface area contributed by atoms with Crippen LogP contribution in [0.25, 0.3) is 16.8 Å². The number of imidazole rings is 1. The van der Waals surface area contributed by atoms with Crippen LogP contribution in [0.2, 0.25) is 0 Å². The van der Waals surface area contributed by atoms with Crippen molar-refractivity contribution in [3.63, 3.8) is 0 Å². The molecule has 0 unspecified atom stereocenters. The van der Waals surface area contributed by atoms with E-state index in [-0.39, 0.29) is 11.7 Å². The van der Waals surface area contributed by atoms with Crippen molar-refractivity contribution in [3.8, 4) is 0 Å². The molecule has 1 aliphatic rings. The van der Waals surface area contributed by atoms with Crippen LogP contribution in [-0.4, -0.2) is 20.2 Å². The molecule has 3 heterocycles. The van der Waals surface area contributed by atoms with E-state index < -0.39 is 0 Å². The van der Waals surface area contributed by atoms with E-state index in [2.05, 4.69) is 9.97 Å². The monoisotopic (exact) mass is 303 g/mol. The third-order valence-corrected chi connectivity index (χ3v) is 4.50. The molecule has 1 atom stereocenters. The summed E-state index contributed by atoms with van der Waals surface area (Å²) in [7, 11) is 0. The standard InChI is InChI=1S/C18H13N3O2/c22-16-9-11(17-6-3-7-23-17)8-14-12(16)10-21-15-5-2-1-4-13(15)19-18(21)20-14/h1-7,10-11H,8-9H2/t11-/m1/s1. The number of carbonyl (C=O) groups excluding carboxylic acids is 1. The molecule has 0 aliphatic heterocycles. The number of Topliss-reactive ketones (excluding diaryl/α,β-unsaturated/α-hetero) is 1. The van der Waals surface area contributed by atoms with Gasteiger partial charge in [0.15, 0.2) is 5.78 Å². The predicted molar refractivity (Wildman–Crippen MR) is 84.6 cm³/mol. The SMILES string of the molecule is O=C1C[C@H](c2ccco2)Cc2nc3nc4ccccc4n3cc21. The van der Waals surface area contributed by atoms with Gasteiger partial charge in [-0.15, -0.1) is 0 Å². The average molecular weight is 303 g/mol. The molecule has 23 heavy (non-hydrogen) atoms. The van der Waals surface area contributed by atoms with Crippen LogP contribution in [0.5, 0.6) is 0 Å². The van der Waals surface area contributed by atoms with Gasteiger partial charge in [0.25, 0.3) is 0 Å². The predicted octanol–water partition coefficient (Wildman–Crippen LogP) is 3.39. The van der Waals surface area contributed by atoms with Crippen LogP contribution in [0, 0.1) is 0 Å². The number of benzene rings is 1. The molecule has 0 fully saturated rings. The van der Waals surface area contributed by atoms with Gasteiger partial charge in [-0.25, -0.2) is 9.97 Å². The van der Waals surface area contributed by atoms with Gasteiger partial charge in [0.1, 0.15) is 5.76 Å². The highest BCUT2D eigenvalue weighted by Crippen LogP contribution is 2.32. The first kappa shape index (κ1) is 12.6. The summed E-state index contributed by atoms with van der Waals surface area (Å²) in [6.45, 7) is 0. The molecular weight excluding hydrogens is 290 g/mol. The summed E-state index contributed by atoms with van der Waals surface area (Å²) in [6, 6.07) is 11.6. The summed E-state index contributed by atoms with van der Waals surface area (Å²) in [6.07, 6.45) is 4.69. The zero-order valence-corrected chi connectivity index (χ0v) is 12.3. The van der Waals surface area contributed by atoms with Gasteiger partial charge in [-0.05, 0) is 24.3 Å². The fourth-order valence-electron chi connectivity index (χ4n) is 3.38. The summed E-state index contributed by atoms with van der Waals surface area (Å²) < 4.78 is 7.37. The normalized spacial score (nSPS) is 17.7. The molecule has 1 aliphatic carbocycles. The highest BCUT2D eigenvalue weighted by molar-refractivity contribution is 5.99. The number of ketones is 1. The Labute approximate surface area is 131 Å². The fraction of sp³-hybridized carbons (Fsp3) is 0.167. The van der Waals surface area contributed by atoms with Gasteiger partial charge in [0.05, 0.1) is 28.6 Å². The second-order valence-corrected chi connectivity index (χ2v) is 5.92. The van der Waals surface area contributed by atoms with Gasteiger partial charge >= 0.3 is 0 Å². The third kappa shape index (κ3) is 1.83. The van der Waals surface area contributed by atoms with Crippen molar-refractivity contribution in [2.45, 2.75) is 18.8 Å². The lowest BCUT2D eigenvalue weighted by Crippen LogP contribution is -2.20. The molecule has 3 aromatic heterocycles. The van der Waals surface area contributed by atoms with Crippen molar-refractivity contribution in [1.29, 1.82) is 0 Å². The van der Waals surface area contributed by atoms with Gasteiger partial charge < -0.3 is 4.42 Å². The zero-order chi connectivity index (χ0) is 15.4. The maximum atomic E-state index is 12.6. The highest BCUT2D eigenvalue weighted by atomic mass is 16.3. The molecule has 5 heteroatoms. The number of hydrogen-bond acceptors (Lipinski definition) is 4. The first-order chi connectivity index (χ1) is 11.3. The number of carbonyl (C=O) groups is 1. The number of rotatable bonds is 1. The number of nitrogens with zero attached hydrogens (tertiary/aromatic N) is 3. The Hall–Kier alpha value is -2.95. The highest BCUT2D eigenvalue weighted by Gasteiger charge is 2.29. The van der Waals surface area contributed by atoms with E-state index in [0.717, 1.165) is 22.5 Å². The minimum atomic E-state index is 0.0596. The Bertz CT molecular complexity index is 1050. The molecule has 0 saturated heterocycles. The number of fused-ring (bicyclic) bond motifs is 4. The van der Waals surface area contributed by atoms with E-state index in [0.29, 0.717) is 24.2 Å². The van der Waals surface area contributed by atoms with Crippen molar-refractivity contribution in [3.05, 3.63) is 65.9 Å². The first-order valence-corrected chi connectivity index (χ1v) is 7.63. The summed E-state index contributed by atoms with van der Waals surface area (Å²) >= 11 is 0. The van der Waals surface area contributed by atoms with E-state index in [1.807, 2.05) is 47.0 Å². The maximum absolute atomic E-state index is 12.6. The number of para-hydroxylation sites is 2. The zero-order valence-electron chi connectivity index (χ0n) is 12.3. The van der Waals surface area contributed by atoms with Crippen LogP contribution >= 0.6 is 0 Å². The van der Waals surface area contributed by atoms with Gasteiger partial charge in [-0.3, -0.25) is 9.20 Å². The van der Waals surface area contributed by atoms with Crippen molar-refractivity contribution < 1.29 is 9.21 Å². The van der Waals surface area contributed by atoms with Crippen LogP contribution in [0.1, 0.15) is 34.2 Å². The van der Waals surface area contributed by atoms with Gasteiger partial charge in [0, 0.05) is 25.0 Å². The molecule has 0 saturated carbocycles. The molecule has 0 N–H and O–H groups in total. The van der Waals surface area contributed by atoms with E-state index in [1.165, 1.54) is 0 Å². The lowest BCUT2D eigenvalue weighted by Gasteiger charge is -2.21. The molecule has 1 aromatic carbocycles. The van der Waals surface area contributed by atoms with Gasteiger partial charge in [-0.2, -0.15) is 0 Å². The number of aromatic nitrogens is 3. The Morgan fingerprint density at radius 3 is 2.87 bits per heavy atom. The lowest BCUT2D eigenvalue weighted by atomic mass is 9.85. The molecular formula is C18H13N3O2. The van der Waals surface area contributed by atoms with E-state index >= 15 is 0 Å². The first-order valence-electron chi connectivity index (χ1n) is 7.63. The summed E-state index contributed by atoms with van der Waals surface area (Å²) in [5.41, 5.74) is 3.37. The van der Waals surface area contributed by atoms with Gasteiger partial charge in [0.2, 0.25) is 5.78 Å². The van der Waals surface area contributed by atoms with E-state index in [1.54, 1.807) is 6.26 Å². The Morgan fingerprint density at radius 1 is 1.09 bits per heavy atom. The quantitative estimate of drug-likeness (QED) is 0.541. The van der Waals surface area contributed by atoms with Crippen molar-refractivity contribution in [2.75, 3.05) is 0 Å². The maximum Gasteiger partial charge on any atom is 0.235 e. The largest absolute Gasteiger partial charge is 0.469 e. The van der Waals surface area contributed by atoms with Crippen LogP contribution in [-0.2, 0) is 6.42 Å². The Kier molecular flexibility index (Phi) is 2.47. The van der Waals surface area contributed by atoms with E-state index in [4.69, 9.17) is 4.42 Å². The van der Waals surface area contributed by atoms with E-state index in [9.17, 15) is 4.79 Å². The lowest BCUT2D eigenvalue weighted by molar-refractivity contribution is 0.0958. The van der Waals surface area contributed by atoms with Crippen LogP contribution in [0.4, 0.5) is 0 Å². The van der Waals surface area contributed by atoms with Crippen molar-refractivity contribution in [1.82, 2.24) is 14.4 Å². The second kappa shape index (κ2) is 4.52. The number of furan rings is 1. The molecule has 5 rings (SSSR count).